The van der Waals surface area contributed by atoms with Crippen LogP contribution in [-0.2, 0) is 0 Å². The molecule has 0 radical (unpaired) electrons. The van der Waals surface area contributed by atoms with Crippen molar-refractivity contribution >= 4 is 28.7 Å². The Labute approximate surface area is 227 Å². The molecule has 40 heavy (non-hydrogen) atoms. The predicted molar refractivity (Wildman–Crippen MR) is 135 cm³/mol. The molecular weight excluding hydrogens is 557 g/mol. The Hall–Kier alpha value is -3.95. The Morgan fingerprint density at radius 2 is 2.00 bits per heavy atom. The van der Waals surface area contributed by atoms with Crippen LogP contribution in [0.15, 0.2) is 36.5 Å². The zero-order valence-corrected chi connectivity index (χ0v) is 21.8. The normalized spacial score (nSPS) is 17.8. The van der Waals surface area contributed by atoms with Crippen LogP contribution in [0.4, 0.5) is 33.5 Å². The number of pyridine rings is 1. The third-order valence-electron chi connectivity index (χ3n) is 6.88. The van der Waals surface area contributed by atoms with Crippen molar-refractivity contribution in [2.24, 2.45) is 0 Å². The van der Waals surface area contributed by atoms with E-state index in [4.69, 9.17) is 0 Å². The first kappa shape index (κ1) is 26.3. The number of aromatic nitrogens is 7. The Bertz CT molecular complexity index is 1560. The van der Waals surface area contributed by atoms with E-state index in [0.717, 1.165) is 47.7 Å². The number of alkyl halides is 5. The fourth-order valence-corrected chi connectivity index (χ4v) is 5.20. The summed E-state index contributed by atoms with van der Waals surface area (Å²) in [6.45, 7) is 0.653. The summed E-state index contributed by atoms with van der Waals surface area (Å²) in [6.07, 6.45) is 3.05. The van der Waals surface area contributed by atoms with Crippen LogP contribution in [0.1, 0.15) is 54.3 Å². The van der Waals surface area contributed by atoms with Crippen LogP contribution in [-0.4, -0.2) is 65.4 Å². The number of halogens is 5. The maximum absolute atomic E-state index is 14.0. The molecule has 2 aliphatic rings. The molecule has 5 heterocycles. The molecule has 1 atom stereocenters. The lowest BCUT2D eigenvalue weighted by Gasteiger charge is -2.22. The summed E-state index contributed by atoms with van der Waals surface area (Å²) in [5, 5.41) is 11.5. The van der Waals surface area contributed by atoms with Crippen LogP contribution in [0.5, 0.6) is 0 Å². The molecule has 1 saturated heterocycles. The van der Waals surface area contributed by atoms with Gasteiger partial charge in [-0.1, -0.05) is 0 Å². The highest BCUT2D eigenvalue weighted by Crippen LogP contribution is 2.40. The lowest BCUT2D eigenvalue weighted by atomic mass is 10.2. The molecule has 10 nitrogen and oxygen atoms in total. The standard InChI is InChI=1S/C24H22F5N9OS/c1-13(24(27,28)29)38-12-32-35-20(38)22-34-19(9-40-22)33-21(39)15-6-17(37-8-16(31-11-37)14-2-3-14)18(7-30-15)36-5-4-23(25,26)10-36/h6-9,11-14H,2-5,10H2,1H3,(H,33,39)/t13-/m0/s1. The SMILES string of the molecule is C[C@H](n1cnnc1-c1nc(NC(=O)c2cc(-n3cnc(C4CC4)c3)c(N3CCC(F)(F)C3)cn2)cs1)C(F)(F)F. The number of nitrogens with zero attached hydrogens (tertiary/aromatic N) is 8. The predicted octanol–water partition coefficient (Wildman–Crippen LogP) is 5.08. The Balaban J connectivity index is 1.26. The Morgan fingerprint density at radius 1 is 1.20 bits per heavy atom. The highest BCUT2D eigenvalue weighted by molar-refractivity contribution is 7.13. The monoisotopic (exact) mass is 579 g/mol. The van der Waals surface area contributed by atoms with E-state index < -0.39 is 30.6 Å². The number of hydrogen-bond acceptors (Lipinski definition) is 8. The van der Waals surface area contributed by atoms with Crippen LogP contribution < -0.4 is 10.2 Å². The number of thiazole rings is 1. The minimum absolute atomic E-state index is 0.00482. The molecule has 1 amide bonds. The smallest absolute Gasteiger partial charge is 0.362 e. The fourth-order valence-electron chi connectivity index (χ4n) is 4.46. The first-order chi connectivity index (χ1) is 19.0. The van der Waals surface area contributed by atoms with E-state index in [1.54, 1.807) is 10.9 Å². The molecule has 210 valence electrons. The van der Waals surface area contributed by atoms with Crippen molar-refractivity contribution in [1.82, 2.24) is 34.3 Å². The largest absolute Gasteiger partial charge is 0.408 e. The molecule has 0 bridgehead atoms. The van der Waals surface area contributed by atoms with Crippen molar-refractivity contribution in [2.45, 2.75) is 50.2 Å². The average molecular weight is 580 g/mol. The second kappa shape index (κ2) is 9.60. The minimum Gasteiger partial charge on any atom is -0.362 e. The van der Waals surface area contributed by atoms with Gasteiger partial charge in [-0.3, -0.25) is 9.36 Å². The van der Waals surface area contributed by atoms with Gasteiger partial charge in [-0.05, 0) is 25.8 Å². The summed E-state index contributed by atoms with van der Waals surface area (Å²) in [5.74, 6) is -3.09. The van der Waals surface area contributed by atoms with E-state index in [1.165, 1.54) is 22.5 Å². The van der Waals surface area contributed by atoms with Gasteiger partial charge in [0.2, 0.25) is 0 Å². The van der Waals surface area contributed by atoms with Gasteiger partial charge in [-0.15, -0.1) is 21.5 Å². The summed E-state index contributed by atoms with van der Waals surface area (Å²) in [4.78, 5) is 27.5. The first-order valence-corrected chi connectivity index (χ1v) is 13.3. The molecule has 6 rings (SSSR count). The lowest BCUT2D eigenvalue weighted by molar-refractivity contribution is -0.162. The maximum atomic E-state index is 14.0. The van der Waals surface area contributed by atoms with Crippen molar-refractivity contribution in [3.63, 3.8) is 0 Å². The van der Waals surface area contributed by atoms with E-state index in [2.05, 4.69) is 30.5 Å². The van der Waals surface area contributed by atoms with Crippen molar-refractivity contribution in [2.75, 3.05) is 23.3 Å². The minimum atomic E-state index is -4.51. The third-order valence-corrected chi connectivity index (χ3v) is 7.72. The molecule has 0 unspecified atom stereocenters. The third kappa shape index (κ3) is 5.14. The number of carbonyl (C=O) groups is 1. The summed E-state index contributed by atoms with van der Waals surface area (Å²) < 4.78 is 70.3. The average Bonchev–Trinajstić information content (AvgIpc) is 3.30. The number of hydrogen-bond donors (Lipinski definition) is 1. The van der Waals surface area contributed by atoms with Gasteiger partial charge in [0.25, 0.3) is 11.8 Å². The molecule has 0 spiro atoms. The van der Waals surface area contributed by atoms with Gasteiger partial charge < -0.3 is 14.8 Å². The summed E-state index contributed by atoms with van der Waals surface area (Å²) in [5.41, 5.74) is 1.81. The number of amides is 1. The van der Waals surface area contributed by atoms with Crippen molar-refractivity contribution < 1.29 is 26.7 Å². The van der Waals surface area contributed by atoms with Crippen LogP contribution in [0.25, 0.3) is 16.5 Å². The second-order valence-electron chi connectivity index (χ2n) is 9.84. The molecule has 1 aliphatic carbocycles. The number of nitrogens with one attached hydrogen (secondary N) is 1. The van der Waals surface area contributed by atoms with Crippen molar-refractivity contribution in [1.29, 1.82) is 0 Å². The van der Waals surface area contributed by atoms with Crippen LogP contribution in [0.2, 0.25) is 0 Å². The second-order valence-corrected chi connectivity index (χ2v) is 10.7. The van der Waals surface area contributed by atoms with Crippen LogP contribution >= 0.6 is 11.3 Å². The van der Waals surface area contributed by atoms with Gasteiger partial charge >= 0.3 is 6.18 Å². The fraction of sp³-hybridized carbons (Fsp3) is 0.417. The first-order valence-electron chi connectivity index (χ1n) is 12.4. The molecule has 1 N–H and O–H groups in total. The zero-order chi connectivity index (χ0) is 28.2. The zero-order valence-electron chi connectivity index (χ0n) is 20.9. The lowest BCUT2D eigenvalue weighted by Crippen LogP contribution is -2.26. The summed E-state index contributed by atoms with van der Waals surface area (Å²) >= 11 is 0.990. The van der Waals surface area contributed by atoms with E-state index in [9.17, 15) is 26.7 Å². The van der Waals surface area contributed by atoms with E-state index in [0.29, 0.717) is 17.3 Å². The summed E-state index contributed by atoms with van der Waals surface area (Å²) in [7, 11) is 0. The van der Waals surface area contributed by atoms with E-state index in [1.807, 2.05) is 6.20 Å². The highest BCUT2D eigenvalue weighted by Gasteiger charge is 2.40. The summed E-state index contributed by atoms with van der Waals surface area (Å²) in [6, 6.07) is -0.381. The topological polar surface area (TPSA) is 107 Å². The van der Waals surface area contributed by atoms with Gasteiger partial charge in [0, 0.05) is 30.5 Å². The molecule has 4 aromatic heterocycles. The number of anilines is 2. The van der Waals surface area contributed by atoms with Gasteiger partial charge in [0.15, 0.2) is 10.8 Å². The van der Waals surface area contributed by atoms with E-state index in [-0.39, 0.29) is 35.3 Å². The van der Waals surface area contributed by atoms with Crippen molar-refractivity contribution in [3.8, 4) is 16.5 Å². The van der Waals surface area contributed by atoms with Gasteiger partial charge in [0.1, 0.15) is 23.9 Å². The molecular formula is C24H22F5N9OS. The van der Waals surface area contributed by atoms with Gasteiger partial charge in [-0.25, -0.2) is 23.7 Å². The molecule has 16 heteroatoms. The number of carbonyl (C=O) groups excluding carboxylic acids is 1. The molecule has 0 aromatic carbocycles. The number of rotatable bonds is 7. The van der Waals surface area contributed by atoms with Gasteiger partial charge in [-0.2, -0.15) is 13.2 Å². The van der Waals surface area contributed by atoms with Crippen molar-refractivity contribution in [3.05, 3.63) is 47.9 Å². The quantitative estimate of drug-likeness (QED) is 0.305. The Kier molecular flexibility index (Phi) is 6.31. The highest BCUT2D eigenvalue weighted by atomic mass is 32.1. The van der Waals surface area contributed by atoms with Gasteiger partial charge in [0.05, 0.1) is 36.1 Å². The Morgan fingerprint density at radius 3 is 2.70 bits per heavy atom. The molecule has 1 saturated carbocycles. The maximum Gasteiger partial charge on any atom is 0.408 e. The van der Waals surface area contributed by atoms with Crippen LogP contribution in [0.3, 0.4) is 0 Å². The van der Waals surface area contributed by atoms with Crippen LogP contribution in [0, 0.1) is 0 Å². The number of imidazole rings is 1. The molecule has 1 aliphatic heterocycles. The molecule has 2 fully saturated rings. The van der Waals surface area contributed by atoms with E-state index >= 15 is 0 Å². The molecule has 4 aromatic rings.